The molecule has 41 heavy (non-hydrogen) atoms. The minimum absolute atomic E-state index is 0.0272. The molecule has 5 rings (SSSR count). The number of thioether (sulfide) groups is 1. The first-order valence-electron chi connectivity index (χ1n) is 15.3. The van der Waals surface area contributed by atoms with Gasteiger partial charge in [-0.3, -0.25) is 14.4 Å². The maximum absolute atomic E-state index is 14.6. The van der Waals surface area contributed by atoms with Crippen LogP contribution < -0.4 is 9.80 Å². The average molecular weight is 581 g/mol. The fourth-order valence-corrected chi connectivity index (χ4v) is 9.14. The summed E-state index contributed by atoms with van der Waals surface area (Å²) in [5.41, 5.74) is 1.93. The first-order valence-corrected chi connectivity index (χ1v) is 16.2. The molecule has 2 saturated heterocycles. The van der Waals surface area contributed by atoms with E-state index >= 15 is 0 Å². The third kappa shape index (κ3) is 5.20. The van der Waals surface area contributed by atoms with Crippen LogP contribution in [-0.4, -0.2) is 94.5 Å². The second-order valence-corrected chi connectivity index (χ2v) is 12.9. The lowest BCUT2D eigenvalue weighted by Gasteiger charge is -2.35. The van der Waals surface area contributed by atoms with E-state index in [2.05, 4.69) is 56.0 Å². The number of hydrogen-bond donors (Lipinski definition) is 1. The van der Waals surface area contributed by atoms with Crippen molar-refractivity contribution in [2.24, 2.45) is 11.8 Å². The van der Waals surface area contributed by atoms with Gasteiger partial charge in [-0.15, -0.1) is 11.8 Å². The Kier molecular flexibility index (Phi) is 9.14. The van der Waals surface area contributed by atoms with Crippen molar-refractivity contribution in [1.82, 2.24) is 9.80 Å². The van der Waals surface area contributed by atoms with Crippen molar-refractivity contribution >= 4 is 40.9 Å². The number of carbonyl (C=O) groups excluding carboxylic acids is 3. The molecule has 5 atom stereocenters. The molecule has 1 spiro atoms. The molecule has 4 aliphatic heterocycles. The Labute approximate surface area is 248 Å². The molecule has 4 aliphatic rings. The number of carbonyl (C=O) groups is 3. The lowest BCUT2D eigenvalue weighted by atomic mass is 9.78. The van der Waals surface area contributed by atoms with Crippen LogP contribution in [0.15, 0.2) is 48.6 Å². The molecule has 0 aliphatic carbocycles. The first kappa shape index (κ1) is 29.7. The minimum atomic E-state index is -0.800. The molecule has 0 bridgehead atoms. The van der Waals surface area contributed by atoms with Crippen LogP contribution in [0.25, 0.3) is 0 Å². The SMILES string of the molecule is CCCN1CC=C[C@H]2S[C@]34C=CCN(c5ccc(N(CC)CC)cc5)C(=O)C3N(CCCCCO)C(=O)[C@@H]4[C@H]2C1=O. The first-order chi connectivity index (χ1) is 19.9. The van der Waals surface area contributed by atoms with Crippen molar-refractivity contribution < 1.29 is 19.5 Å². The van der Waals surface area contributed by atoms with E-state index in [1.54, 1.807) is 21.6 Å². The summed E-state index contributed by atoms with van der Waals surface area (Å²) in [6, 6.07) is 7.43. The number of amides is 3. The van der Waals surface area contributed by atoms with Crippen LogP contribution in [0.4, 0.5) is 11.4 Å². The number of rotatable bonds is 11. The van der Waals surface area contributed by atoms with E-state index in [1.165, 1.54) is 0 Å². The highest BCUT2D eigenvalue weighted by molar-refractivity contribution is 8.02. The summed E-state index contributed by atoms with van der Waals surface area (Å²) < 4.78 is -0.800. The summed E-state index contributed by atoms with van der Waals surface area (Å²) >= 11 is 1.63. The molecule has 0 aromatic heterocycles. The summed E-state index contributed by atoms with van der Waals surface area (Å²) in [6.45, 7) is 10.3. The van der Waals surface area contributed by atoms with Gasteiger partial charge in [0.25, 0.3) is 5.91 Å². The number of fused-ring (bicyclic) bond motifs is 2. The van der Waals surface area contributed by atoms with E-state index in [9.17, 15) is 19.5 Å². The molecule has 2 fully saturated rings. The van der Waals surface area contributed by atoms with Gasteiger partial charge in [0.1, 0.15) is 6.04 Å². The van der Waals surface area contributed by atoms with Crippen LogP contribution >= 0.6 is 11.8 Å². The minimum Gasteiger partial charge on any atom is -0.396 e. The second kappa shape index (κ2) is 12.6. The van der Waals surface area contributed by atoms with E-state index in [-0.39, 0.29) is 29.6 Å². The Morgan fingerprint density at radius 3 is 2.37 bits per heavy atom. The van der Waals surface area contributed by atoms with Crippen LogP contribution in [0, 0.1) is 11.8 Å². The molecule has 0 radical (unpaired) electrons. The zero-order valence-electron chi connectivity index (χ0n) is 24.6. The van der Waals surface area contributed by atoms with Crippen molar-refractivity contribution in [3.05, 3.63) is 48.6 Å². The van der Waals surface area contributed by atoms with Crippen molar-refractivity contribution in [3.63, 3.8) is 0 Å². The highest BCUT2D eigenvalue weighted by Crippen LogP contribution is 2.61. The van der Waals surface area contributed by atoms with Gasteiger partial charge in [-0.2, -0.15) is 0 Å². The average Bonchev–Trinajstić information content (AvgIpc) is 3.29. The highest BCUT2D eigenvalue weighted by Gasteiger charge is 2.70. The number of anilines is 2. The fourth-order valence-electron chi connectivity index (χ4n) is 7.13. The standard InChI is InChI=1S/C32H44N4O4S/c1-4-18-34-19-10-12-25-26(29(34)38)27-30(39)36(20-8-7-9-22-37)28-31(40)35(21-11-17-32(27,28)41-25)24-15-13-23(14-16-24)33(5-2)6-3/h10-17,25-28,37H,4-9,18-22H2,1-3H3/t25-,26+,27+,28?,32+/m1/s1. The van der Waals surface area contributed by atoms with Gasteiger partial charge >= 0.3 is 0 Å². The number of hydrogen-bond acceptors (Lipinski definition) is 6. The number of benzene rings is 1. The number of aliphatic hydroxyl groups is 1. The molecule has 3 amide bonds. The van der Waals surface area contributed by atoms with Crippen molar-refractivity contribution in [1.29, 1.82) is 0 Å². The maximum Gasteiger partial charge on any atom is 0.251 e. The van der Waals surface area contributed by atoms with Crippen molar-refractivity contribution in [2.45, 2.75) is 62.5 Å². The van der Waals surface area contributed by atoms with E-state index < -0.39 is 22.6 Å². The summed E-state index contributed by atoms with van der Waals surface area (Å²) in [5, 5.41) is 9.16. The van der Waals surface area contributed by atoms with Gasteiger partial charge in [0.05, 0.1) is 16.6 Å². The summed E-state index contributed by atoms with van der Waals surface area (Å²) in [7, 11) is 0. The van der Waals surface area contributed by atoms with Crippen molar-refractivity contribution in [3.8, 4) is 0 Å². The Bertz CT molecular complexity index is 1180. The zero-order valence-corrected chi connectivity index (χ0v) is 25.4. The molecule has 1 aromatic carbocycles. The Balaban J connectivity index is 1.52. The van der Waals surface area contributed by atoms with Gasteiger partial charge in [0, 0.05) is 62.5 Å². The normalized spacial score (nSPS) is 29.0. The summed E-state index contributed by atoms with van der Waals surface area (Å²) in [5.74, 6) is -1.22. The molecule has 9 heteroatoms. The summed E-state index contributed by atoms with van der Waals surface area (Å²) in [6.07, 6.45) is 11.3. The third-order valence-corrected chi connectivity index (χ3v) is 10.8. The Morgan fingerprint density at radius 2 is 1.68 bits per heavy atom. The molecule has 0 saturated carbocycles. The Hall–Kier alpha value is -2.78. The monoisotopic (exact) mass is 580 g/mol. The fraction of sp³-hybridized carbons (Fsp3) is 0.594. The van der Waals surface area contributed by atoms with Gasteiger partial charge in [0.2, 0.25) is 11.8 Å². The highest BCUT2D eigenvalue weighted by atomic mass is 32.2. The van der Waals surface area contributed by atoms with Crippen LogP contribution in [0.3, 0.4) is 0 Å². The maximum atomic E-state index is 14.6. The predicted octanol–water partition coefficient (Wildman–Crippen LogP) is 3.70. The van der Waals surface area contributed by atoms with E-state index in [1.807, 2.05) is 23.1 Å². The lowest BCUT2D eigenvalue weighted by Crippen LogP contribution is -2.53. The quantitative estimate of drug-likeness (QED) is 0.318. The van der Waals surface area contributed by atoms with E-state index in [0.717, 1.165) is 37.3 Å². The number of likely N-dealkylation sites (tertiary alicyclic amines) is 1. The predicted molar refractivity (Wildman–Crippen MR) is 165 cm³/mol. The van der Waals surface area contributed by atoms with Gasteiger partial charge in [-0.05, 0) is 63.8 Å². The molecule has 4 heterocycles. The second-order valence-electron chi connectivity index (χ2n) is 11.4. The van der Waals surface area contributed by atoms with Gasteiger partial charge in [-0.25, -0.2) is 0 Å². The topological polar surface area (TPSA) is 84.4 Å². The molecule has 8 nitrogen and oxygen atoms in total. The lowest BCUT2D eigenvalue weighted by molar-refractivity contribution is -0.142. The molecular formula is C32H44N4O4S. The molecule has 1 unspecified atom stereocenters. The van der Waals surface area contributed by atoms with Crippen LogP contribution in [-0.2, 0) is 14.4 Å². The Morgan fingerprint density at radius 1 is 0.927 bits per heavy atom. The molecular weight excluding hydrogens is 536 g/mol. The van der Waals surface area contributed by atoms with Gasteiger partial charge < -0.3 is 24.7 Å². The number of aliphatic hydroxyl groups excluding tert-OH is 1. The summed E-state index contributed by atoms with van der Waals surface area (Å²) in [4.78, 5) is 50.5. The van der Waals surface area contributed by atoms with Gasteiger partial charge in [-0.1, -0.05) is 31.2 Å². The number of nitrogens with zero attached hydrogens (tertiary/aromatic N) is 4. The van der Waals surface area contributed by atoms with Gasteiger partial charge in [0.15, 0.2) is 0 Å². The number of unbranched alkanes of at least 4 members (excludes halogenated alkanes) is 2. The zero-order chi connectivity index (χ0) is 29.1. The van der Waals surface area contributed by atoms with E-state index in [4.69, 9.17) is 0 Å². The van der Waals surface area contributed by atoms with Crippen LogP contribution in [0.5, 0.6) is 0 Å². The molecule has 1 aromatic rings. The third-order valence-electron chi connectivity index (χ3n) is 9.08. The largest absolute Gasteiger partial charge is 0.396 e. The molecule has 1 N–H and O–H groups in total. The van der Waals surface area contributed by atoms with Crippen LogP contribution in [0.1, 0.15) is 46.5 Å². The van der Waals surface area contributed by atoms with Crippen LogP contribution in [0.2, 0.25) is 0 Å². The molecule has 222 valence electrons. The smallest absolute Gasteiger partial charge is 0.251 e. The van der Waals surface area contributed by atoms with E-state index in [0.29, 0.717) is 39.0 Å². The van der Waals surface area contributed by atoms with Crippen molar-refractivity contribution in [2.75, 3.05) is 55.7 Å².